The minimum absolute atomic E-state index is 0.00805. The molecule has 106 valence electrons. The van der Waals surface area contributed by atoms with Crippen LogP contribution in [0.2, 0.25) is 0 Å². The third-order valence-corrected chi connectivity index (χ3v) is 3.38. The summed E-state index contributed by atoms with van der Waals surface area (Å²) >= 11 is 0. The number of ether oxygens (including phenoxy) is 1. The highest BCUT2D eigenvalue weighted by Crippen LogP contribution is 2.17. The molecule has 1 heterocycles. The molecule has 0 radical (unpaired) electrons. The third-order valence-electron chi connectivity index (χ3n) is 3.38. The SMILES string of the molecule is CCCNCCCN1CCCC(C(=O)OCC)C1. The molecule has 1 atom stereocenters. The van der Waals surface area contributed by atoms with Crippen LogP contribution in [0.5, 0.6) is 0 Å². The molecule has 0 aromatic heterocycles. The maximum absolute atomic E-state index is 11.7. The van der Waals surface area contributed by atoms with Crippen molar-refractivity contribution in [1.29, 1.82) is 0 Å². The van der Waals surface area contributed by atoms with Gasteiger partial charge in [0.2, 0.25) is 0 Å². The molecular formula is C14H28N2O2. The number of carbonyl (C=O) groups is 1. The zero-order valence-electron chi connectivity index (χ0n) is 11.9. The van der Waals surface area contributed by atoms with E-state index in [1.54, 1.807) is 0 Å². The van der Waals surface area contributed by atoms with Gasteiger partial charge in [0.15, 0.2) is 0 Å². The van der Waals surface area contributed by atoms with E-state index >= 15 is 0 Å². The van der Waals surface area contributed by atoms with Gasteiger partial charge < -0.3 is 15.0 Å². The van der Waals surface area contributed by atoms with Crippen molar-refractivity contribution in [3.8, 4) is 0 Å². The van der Waals surface area contributed by atoms with Crippen molar-refractivity contribution in [2.75, 3.05) is 39.3 Å². The quantitative estimate of drug-likeness (QED) is 0.530. The number of carbonyl (C=O) groups excluding carboxylic acids is 1. The van der Waals surface area contributed by atoms with E-state index in [-0.39, 0.29) is 11.9 Å². The van der Waals surface area contributed by atoms with Crippen LogP contribution in [-0.4, -0.2) is 50.2 Å². The Labute approximate surface area is 111 Å². The topological polar surface area (TPSA) is 41.6 Å². The molecule has 1 aliphatic heterocycles. The van der Waals surface area contributed by atoms with Crippen LogP contribution in [0.1, 0.15) is 39.5 Å². The van der Waals surface area contributed by atoms with Crippen molar-refractivity contribution >= 4 is 5.97 Å². The zero-order valence-corrected chi connectivity index (χ0v) is 11.9. The summed E-state index contributed by atoms with van der Waals surface area (Å²) in [5.74, 6) is 0.0913. The van der Waals surface area contributed by atoms with Gasteiger partial charge in [0, 0.05) is 6.54 Å². The Morgan fingerprint density at radius 1 is 1.39 bits per heavy atom. The monoisotopic (exact) mass is 256 g/mol. The van der Waals surface area contributed by atoms with Gasteiger partial charge in [0.1, 0.15) is 0 Å². The fourth-order valence-corrected chi connectivity index (χ4v) is 2.44. The lowest BCUT2D eigenvalue weighted by Crippen LogP contribution is -2.40. The number of piperidine rings is 1. The van der Waals surface area contributed by atoms with Gasteiger partial charge in [-0.1, -0.05) is 6.92 Å². The van der Waals surface area contributed by atoms with Crippen LogP contribution in [0.15, 0.2) is 0 Å². The molecule has 1 N–H and O–H groups in total. The predicted octanol–water partition coefficient (Wildman–Crippen LogP) is 1.65. The Kier molecular flexibility index (Phi) is 8.01. The minimum Gasteiger partial charge on any atom is -0.466 e. The molecule has 1 unspecified atom stereocenters. The smallest absolute Gasteiger partial charge is 0.310 e. The van der Waals surface area contributed by atoms with E-state index in [9.17, 15) is 4.79 Å². The standard InChI is InChI=1S/C14H28N2O2/c1-3-8-15-9-6-11-16-10-5-7-13(12-16)14(17)18-4-2/h13,15H,3-12H2,1-2H3. The first-order chi connectivity index (χ1) is 8.77. The van der Waals surface area contributed by atoms with E-state index in [0.717, 1.165) is 52.0 Å². The van der Waals surface area contributed by atoms with E-state index < -0.39 is 0 Å². The number of nitrogens with one attached hydrogen (secondary N) is 1. The highest BCUT2D eigenvalue weighted by atomic mass is 16.5. The number of nitrogens with zero attached hydrogens (tertiary/aromatic N) is 1. The summed E-state index contributed by atoms with van der Waals surface area (Å²) in [6.45, 7) is 9.83. The van der Waals surface area contributed by atoms with Crippen molar-refractivity contribution in [1.82, 2.24) is 10.2 Å². The van der Waals surface area contributed by atoms with Crippen LogP contribution >= 0.6 is 0 Å². The van der Waals surface area contributed by atoms with Gasteiger partial charge in [0.25, 0.3) is 0 Å². The van der Waals surface area contributed by atoms with Gasteiger partial charge in [-0.3, -0.25) is 4.79 Å². The van der Waals surface area contributed by atoms with Crippen LogP contribution in [0.4, 0.5) is 0 Å². The molecule has 4 nitrogen and oxygen atoms in total. The van der Waals surface area contributed by atoms with Crippen molar-refractivity contribution in [3.05, 3.63) is 0 Å². The van der Waals surface area contributed by atoms with E-state index in [4.69, 9.17) is 4.74 Å². The zero-order chi connectivity index (χ0) is 13.2. The number of rotatable bonds is 8. The summed E-state index contributed by atoms with van der Waals surface area (Å²) in [5.41, 5.74) is 0. The number of hydrogen-bond acceptors (Lipinski definition) is 4. The molecular weight excluding hydrogens is 228 g/mol. The first kappa shape index (κ1) is 15.4. The summed E-state index contributed by atoms with van der Waals surface area (Å²) in [5, 5.41) is 3.41. The molecule has 1 saturated heterocycles. The van der Waals surface area contributed by atoms with Crippen LogP contribution in [0.25, 0.3) is 0 Å². The van der Waals surface area contributed by atoms with Crippen molar-refractivity contribution in [2.24, 2.45) is 5.92 Å². The molecule has 0 spiro atoms. The first-order valence-electron chi connectivity index (χ1n) is 7.37. The molecule has 1 rings (SSSR count). The lowest BCUT2D eigenvalue weighted by Gasteiger charge is -2.31. The fraction of sp³-hybridized carbons (Fsp3) is 0.929. The predicted molar refractivity (Wildman–Crippen MR) is 73.6 cm³/mol. The molecule has 0 amide bonds. The van der Waals surface area contributed by atoms with Gasteiger partial charge in [-0.2, -0.15) is 0 Å². The maximum Gasteiger partial charge on any atom is 0.310 e. The van der Waals surface area contributed by atoms with Gasteiger partial charge in [0.05, 0.1) is 12.5 Å². The maximum atomic E-state index is 11.7. The highest BCUT2D eigenvalue weighted by molar-refractivity contribution is 5.72. The van der Waals surface area contributed by atoms with Gasteiger partial charge in [-0.15, -0.1) is 0 Å². The molecule has 0 aliphatic carbocycles. The average molecular weight is 256 g/mol. The molecule has 0 bridgehead atoms. The van der Waals surface area contributed by atoms with Gasteiger partial charge in [-0.05, 0) is 58.8 Å². The minimum atomic E-state index is -0.00805. The normalized spacial score (nSPS) is 20.9. The van der Waals surface area contributed by atoms with Crippen molar-refractivity contribution in [3.63, 3.8) is 0 Å². The molecule has 0 saturated carbocycles. The Bertz CT molecular complexity index is 234. The van der Waals surface area contributed by atoms with Crippen LogP contribution in [-0.2, 0) is 9.53 Å². The second-order valence-corrected chi connectivity index (χ2v) is 5.00. The van der Waals surface area contributed by atoms with Gasteiger partial charge in [-0.25, -0.2) is 0 Å². The van der Waals surface area contributed by atoms with E-state index in [0.29, 0.717) is 6.61 Å². The lowest BCUT2D eigenvalue weighted by atomic mass is 9.98. The Balaban J connectivity index is 2.16. The Morgan fingerprint density at radius 2 is 2.22 bits per heavy atom. The third kappa shape index (κ3) is 5.83. The Hall–Kier alpha value is -0.610. The summed E-state index contributed by atoms with van der Waals surface area (Å²) in [6.07, 6.45) is 4.46. The summed E-state index contributed by atoms with van der Waals surface area (Å²) < 4.78 is 5.11. The molecule has 0 aromatic carbocycles. The van der Waals surface area contributed by atoms with E-state index in [2.05, 4.69) is 17.1 Å². The second kappa shape index (κ2) is 9.34. The van der Waals surface area contributed by atoms with Gasteiger partial charge >= 0.3 is 5.97 Å². The summed E-state index contributed by atoms with van der Waals surface area (Å²) in [7, 11) is 0. The number of esters is 1. The Morgan fingerprint density at radius 3 is 2.94 bits per heavy atom. The average Bonchev–Trinajstić information content (AvgIpc) is 2.39. The van der Waals surface area contributed by atoms with E-state index in [1.807, 2.05) is 6.92 Å². The molecule has 18 heavy (non-hydrogen) atoms. The van der Waals surface area contributed by atoms with Crippen LogP contribution in [0.3, 0.4) is 0 Å². The van der Waals surface area contributed by atoms with E-state index in [1.165, 1.54) is 6.42 Å². The largest absolute Gasteiger partial charge is 0.466 e. The lowest BCUT2D eigenvalue weighted by molar-refractivity contribution is -0.149. The summed E-state index contributed by atoms with van der Waals surface area (Å²) in [6, 6.07) is 0. The number of likely N-dealkylation sites (tertiary alicyclic amines) is 1. The van der Waals surface area contributed by atoms with Crippen molar-refractivity contribution < 1.29 is 9.53 Å². The molecule has 0 aromatic rings. The molecule has 1 aliphatic rings. The summed E-state index contributed by atoms with van der Waals surface area (Å²) in [4.78, 5) is 14.1. The van der Waals surface area contributed by atoms with Crippen LogP contribution < -0.4 is 5.32 Å². The highest BCUT2D eigenvalue weighted by Gasteiger charge is 2.26. The second-order valence-electron chi connectivity index (χ2n) is 5.00. The number of hydrogen-bond donors (Lipinski definition) is 1. The van der Waals surface area contributed by atoms with Crippen LogP contribution in [0, 0.1) is 5.92 Å². The first-order valence-corrected chi connectivity index (χ1v) is 7.37. The molecule has 4 heteroatoms. The van der Waals surface area contributed by atoms with Crippen molar-refractivity contribution in [2.45, 2.75) is 39.5 Å². The fourth-order valence-electron chi connectivity index (χ4n) is 2.44. The molecule has 1 fully saturated rings.